The van der Waals surface area contributed by atoms with Crippen molar-refractivity contribution in [2.45, 2.75) is 57.6 Å². The first kappa shape index (κ1) is 13.6. The second-order valence-corrected chi connectivity index (χ2v) is 5.28. The minimum Gasteiger partial charge on any atom is -0.469 e. The van der Waals surface area contributed by atoms with Crippen LogP contribution in [0.15, 0.2) is 22.8 Å². The zero-order valence-electron chi connectivity index (χ0n) is 11.6. The molecule has 3 heteroatoms. The molecule has 1 atom stereocenters. The molecule has 1 aromatic rings. The molecule has 0 saturated heterocycles. The van der Waals surface area contributed by atoms with Gasteiger partial charge >= 0.3 is 0 Å². The normalized spacial score (nSPS) is 20.4. The first-order valence-electron chi connectivity index (χ1n) is 7.18. The van der Waals surface area contributed by atoms with Gasteiger partial charge in [0, 0.05) is 12.0 Å². The van der Waals surface area contributed by atoms with Crippen molar-refractivity contribution in [3.8, 4) is 0 Å². The summed E-state index contributed by atoms with van der Waals surface area (Å²) >= 11 is 0. The second-order valence-electron chi connectivity index (χ2n) is 5.28. The maximum atomic E-state index is 10.7. The van der Waals surface area contributed by atoms with Crippen LogP contribution in [0.4, 0.5) is 0 Å². The summed E-state index contributed by atoms with van der Waals surface area (Å²) in [6, 6.07) is 3.84. The van der Waals surface area contributed by atoms with Gasteiger partial charge in [0.2, 0.25) is 0 Å². The largest absolute Gasteiger partial charge is 0.469 e. The Morgan fingerprint density at radius 2 is 2.00 bits per heavy atom. The molecule has 2 rings (SSSR count). The molecule has 0 aromatic carbocycles. The average molecular weight is 251 g/mol. The molecular weight excluding hydrogens is 226 g/mol. The van der Waals surface area contributed by atoms with Crippen LogP contribution >= 0.6 is 0 Å². The number of furan rings is 1. The van der Waals surface area contributed by atoms with Crippen LogP contribution in [0, 0.1) is 0 Å². The number of aliphatic hydroxyl groups excluding tert-OH is 1. The Hall–Kier alpha value is -0.800. The highest BCUT2D eigenvalue weighted by Crippen LogP contribution is 2.39. The summed E-state index contributed by atoms with van der Waals surface area (Å²) in [7, 11) is 0. The van der Waals surface area contributed by atoms with E-state index in [1.165, 1.54) is 12.8 Å². The Balaban J connectivity index is 2.13. The van der Waals surface area contributed by atoms with Crippen molar-refractivity contribution in [1.82, 2.24) is 4.90 Å². The zero-order chi connectivity index (χ0) is 13.0. The van der Waals surface area contributed by atoms with Crippen molar-refractivity contribution >= 4 is 0 Å². The van der Waals surface area contributed by atoms with Gasteiger partial charge < -0.3 is 9.52 Å². The maximum Gasteiger partial charge on any atom is 0.106 e. The number of rotatable bonds is 6. The topological polar surface area (TPSA) is 36.6 Å². The summed E-state index contributed by atoms with van der Waals surface area (Å²) in [5.41, 5.74) is -0.0315. The molecule has 102 valence electrons. The van der Waals surface area contributed by atoms with Crippen molar-refractivity contribution in [1.29, 1.82) is 0 Å². The molecule has 1 saturated carbocycles. The van der Waals surface area contributed by atoms with Gasteiger partial charge in [-0.05, 0) is 38.1 Å². The van der Waals surface area contributed by atoms with Crippen LogP contribution in [0.3, 0.4) is 0 Å². The Labute approximate surface area is 110 Å². The third kappa shape index (κ3) is 2.47. The lowest BCUT2D eigenvalue weighted by Gasteiger charge is -2.43. The van der Waals surface area contributed by atoms with Crippen LogP contribution in [0.5, 0.6) is 0 Å². The maximum absolute atomic E-state index is 10.7. The third-order valence-corrected chi connectivity index (χ3v) is 4.46. The Morgan fingerprint density at radius 1 is 1.33 bits per heavy atom. The molecule has 3 nitrogen and oxygen atoms in total. The molecule has 1 N–H and O–H groups in total. The standard InChI is InChI=1S/C15H25NO2/c1-3-16(4-2)15(9-5-6-10-15)14(17)12-13-8-7-11-18-13/h7-8,11,14,17H,3-6,9-10,12H2,1-2H3. The Bertz CT molecular complexity index is 337. The van der Waals surface area contributed by atoms with Gasteiger partial charge in [0.15, 0.2) is 0 Å². The van der Waals surface area contributed by atoms with Crippen LogP contribution in [0.2, 0.25) is 0 Å². The van der Waals surface area contributed by atoms with Crippen LogP contribution in [0.1, 0.15) is 45.3 Å². The van der Waals surface area contributed by atoms with Gasteiger partial charge in [-0.15, -0.1) is 0 Å². The highest BCUT2D eigenvalue weighted by molar-refractivity contribution is 5.07. The summed E-state index contributed by atoms with van der Waals surface area (Å²) in [6.07, 6.45) is 6.65. The van der Waals surface area contributed by atoms with E-state index < -0.39 is 0 Å². The van der Waals surface area contributed by atoms with Gasteiger partial charge in [-0.3, -0.25) is 4.90 Å². The molecule has 1 aliphatic rings. The van der Waals surface area contributed by atoms with Gasteiger partial charge in [-0.2, -0.15) is 0 Å². The number of likely N-dealkylation sites (N-methyl/N-ethyl adjacent to an activating group) is 1. The third-order valence-electron chi connectivity index (χ3n) is 4.46. The smallest absolute Gasteiger partial charge is 0.106 e. The lowest BCUT2D eigenvalue weighted by atomic mass is 9.85. The van der Waals surface area contributed by atoms with E-state index in [0.29, 0.717) is 6.42 Å². The van der Waals surface area contributed by atoms with Crippen LogP contribution in [0.25, 0.3) is 0 Å². The second kappa shape index (κ2) is 5.89. The summed E-state index contributed by atoms with van der Waals surface area (Å²) in [5, 5.41) is 10.7. The first-order chi connectivity index (χ1) is 8.73. The van der Waals surface area contributed by atoms with Crippen molar-refractivity contribution in [3.63, 3.8) is 0 Å². The van der Waals surface area contributed by atoms with Crippen LogP contribution < -0.4 is 0 Å². The van der Waals surface area contributed by atoms with Gasteiger partial charge in [-0.25, -0.2) is 0 Å². The molecular formula is C15H25NO2. The van der Waals surface area contributed by atoms with E-state index >= 15 is 0 Å². The SMILES string of the molecule is CCN(CC)C1(C(O)Cc2ccco2)CCCC1. The van der Waals surface area contributed by atoms with Gasteiger partial charge in [-0.1, -0.05) is 26.7 Å². The number of hydrogen-bond acceptors (Lipinski definition) is 3. The van der Waals surface area contributed by atoms with E-state index in [-0.39, 0.29) is 11.6 Å². The fourth-order valence-electron chi connectivity index (χ4n) is 3.51. The fourth-order valence-corrected chi connectivity index (χ4v) is 3.51. The van der Waals surface area contributed by atoms with Crippen molar-refractivity contribution in [3.05, 3.63) is 24.2 Å². The number of nitrogens with zero attached hydrogens (tertiary/aromatic N) is 1. The van der Waals surface area contributed by atoms with Crippen LogP contribution in [-0.4, -0.2) is 34.7 Å². The summed E-state index contributed by atoms with van der Waals surface area (Å²) < 4.78 is 5.38. The fraction of sp³-hybridized carbons (Fsp3) is 0.733. The van der Waals surface area contributed by atoms with Gasteiger partial charge in [0.05, 0.1) is 12.4 Å². The predicted molar refractivity (Wildman–Crippen MR) is 72.5 cm³/mol. The zero-order valence-corrected chi connectivity index (χ0v) is 11.6. The molecule has 1 fully saturated rings. The molecule has 1 aromatic heterocycles. The molecule has 0 spiro atoms. The lowest BCUT2D eigenvalue weighted by molar-refractivity contribution is -0.0266. The predicted octanol–water partition coefficient (Wildman–Crippen LogP) is 2.84. The summed E-state index contributed by atoms with van der Waals surface area (Å²) in [6.45, 7) is 6.38. The van der Waals surface area contributed by atoms with Gasteiger partial charge in [0.1, 0.15) is 5.76 Å². The van der Waals surface area contributed by atoms with E-state index in [1.54, 1.807) is 6.26 Å². The van der Waals surface area contributed by atoms with Gasteiger partial charge in [0.25, 0.3) is 0 Å². The minimum absolute atomic E-state index is 0.0315. The Morgan fingerprint density at radius 3 is 2.50 bits per heavy atom. The first-order valence-corrected chi connectivity index (χ1v) is 7.18. The van der Waals surface area contributed by atoms with Crippen molar-refractivity contribution < 1.29 is 9.52 Å². The molecule has 1 heterocycles. The molecule has 0 aliphatic heterocycles. The quantitative estimate of drug-likeness (QED) is 0.844. The highest BCUT2D eigenvalue weighted by Gasteiger charge is 2.44. The molecule has 1 aliphatic carbocycles. The lowest BCUT2D eigenvalue weighted by Crippen LogP contribution is -2.55. The highest BCUT2D eigenvalue weighted by atomic mass is 16.3. The molecule has 1 unspecified atom stereocenters. The van der Waals surface area contributed by atoms with E-state index in [9.17, 15) is 5.11 Å². The number of aliphatic hydroxyl groups is 1. The van der Waals surface area contributed by atoms with Crippen molar-refractivity contribution in [2.75, 3.05) is 13.1 Å². The number of hydrogen-bond donors (Lipinski definition) is 1. The van der Waals surface area contributed by atoms with Crippen molar-refractivity contribution in [2.24, 2.45) is 0 Å². The molecule has 0 amide bonds. The Kier molecular flexibility index (Phi) is 4.46. The monoisotopic (exact) mass is 251 g/mol. The average Bonchev–Trinajstić information content (AvgIpc) is 3.02. The minimum atomic E-state index is -0.328. The molecule has 0 bridgehead atoms. The van der Waals surface area contributed by atoms with Crippen LogP contribution in [-0.2, 0) is 6.42 Å². The molecule has 18 heavy (non-hydrogen) atoms. The van der Waals surface area contributed by atoms with E-state index in [4.69, 9.17) is 4.42 Å². The van der Waals surface area contributed by atoms with E-state index in [1.807, 2.05) is 12.1 Å². The van der Waals surface area contributed by atoms with E-state index in [2.05, 4.69) is 18.7 Å². The summed E-state index contributed by atoms with van der Waals surface area (Å²) in [5.74, 6) is 0.890. The van der Waals surface area contributed by atoms with E-state index in [0.717, 1.165) is 31.7 Å². The molecule has 0 radical (unpaired) electrons. The summed E-state index contributed by atoms with van der Waals surface area (Å²) in [4.78, 5) is 2.44.